The minimum absolute atomic E-state index is 0.0167. The molecule has 2 aliphatic rings. The number of rotatable bonds is 6. The first-order valence-electron chi connectivity index (χ1n) is 15.2. The third-order valence-corrected chi connectivity index (χ3v) is 8.79. The Hall–Kier alpha value is -5.97. The zero-order valence-electron chi connectivity index (χ0n) is 25.4. The summed E-state index contributed by atoms with van der Waals surface area (Å²) in [7, 11) is 1.26. The van der Waals surface area contributed by atoms with E-state index in [1.165, 1.54) is 13.2 Å². The summed E-state index contributed by atoms with van der Waals surface area (Å²) in [6, 6.07) is 25.2. The third kappa shape index (κ3) is 5.67. The van der Waals surface area contributed by atoms with Gasteiger partial charge in [0.1, 0.15) is 11.1 Å². The second-order valence-electron chi connectivity index (χ2n) is 11.8. The SMILES string of the molecule is COC(=O)c1ccccc1NC(=O)c1ccc(N2CC3CC(C2)c2cccc(=O)n2C3)c(NC(=O)c2cc3ccccc3oc2=O)c1. The zero-order chi connectivity index (χ0) is 32.7. The van der Waals surface area contributed by atoms with Crippen molar-refractivity contribution in [3.8, 4) is 0 Å². The molecular weight excluding hydrogens is 600 g/mol. The highest BCUT2D eigenvalue weighted by atomic mass is 16.5. The van der Waals surface area contributed by atoms with Crippen LogP contribution in [0.15, 0.2) is 105 Å². The van der Waals surface area contributed by atoms with E-state index in [0.29, 0.717) is 42.0 Å². The Morgan fingerprint density at radius 3 is 2.43 bits per heavy atom. The summed E-state index contributed by atoms with van der Waals surface area (Å²) in [4.78, 5) is 67.0. The second-order valence-corrected chi connectivity index (χ2v) is 11.8. The first-order chi connectivity index (χ1) is 22.8. The van der Waals surface area contributed by atoms with Crippen LogP contribution in [0, 0.1) is 5.92 Å². The molecule has 2 aromatic heterocycles. The number of carbonyl (C=O) groups excluding carboxylic acids is 3. The van der Waals surface area contributed by atoms with E-state index in [0.717, 1.165) is 12.1 Å². The predicted molar refractivity (Wildman–Crippen MR) is 176 cm³/mol. The second kappa shape index (κ2) is 12.1. The van der Waals surface area contributed by atoms with Crippen molar-refractivity contribution >= 4 is 45.8 Å². The summed E-state index contributed by atoms with van der Waals surface area (Å²) < 4.78 is 12.1. The molecule has 1 saturated heterocycles. The number of pyridine rings is 1. The van der Waals surface area contributed by atoms with E-state index >= 15 is 0 Å². The van der Waals surface area contributed by atoms with E-state index in [1.54, 1.807) is 78.9 Å². The molecule has 2 amide bonds. The summed E-state index contributed by atoms with van der Waals surface area (Å²) in [5, 5.41) is 6.23. The van der Waals surface area contributed by atoms with Crippen molar-refractivity contribution in [1.82, 2.24) is 4.57 Å². The summed E-state index contributed by atoms with van der Waals surface area (Å²) in [6.45, 7) is 1.79. The van der Waals surface area contributed by atoms with Crippen molar-refractivity contribution < 1.29 is 23.5 Å². The molecule has 2 unspecified atom stereocenters. The maximum absolute atomic E-state index is 13.7. The van der Waals surface area contributed by atoms with Gasteiger partial charge >= 0.3 is 11.6 Å². The standard InChI is InChI=1S/C36H30N4O7/c1-46-35(44)25-8-3-4-9-27(25)37-33(42)23-13-14-30(39-18-21-15-24(20-39)29-10-6-12-32(41)40(29)19-21)28(17-23)38-34(43)26-16-22-7-2-5-11-31(22)47-36(26)45/h2-14,16-17,21,24H,15,18-20H2,1H3,(H,37,42)(H,38,43). The van der Waals surface area contributed by atoms with Gasteiger partial charge in [0.2, 0.25) is 0 Å². The number of esters is 1. The minimum atomic E-state index is -0.786. The van der Waals surface area contributed by atoms with Crippen molar-refractivity contribution in [2.75, 3.05) is 35.7 Å². The Bertz CT molecular complexity index is 2190. The van der Waals surface area contributed by atoms with Gasteiger partial charge in [-0.2, -0.15) is 0 Å². The Labute approximate surface area is 268 Å². The first-order valence-corrected chi connectivity index (χ1v) is 15.2. The molecule has 0 spiro atoms. The molecule has 7 rings (SSSR count). The molecule has 11 heteroatoms. The lowest BCUT2D eigenvalue weighted by molar-refractivity contribution is 0.0601. The summed E-state index contributed by atoms with van der Waals surface area (Å²) in [5.74, 6) is -1.52. The van der Waals surface area contributed by atoms with Gasteiger partial charge in [0, 0.05) is 48.3 Å². The van der Waals surface area contributed by atoms with Gasteiger partial charge in [0.25, 0.3) is 17.4 Å². The number of anilines is 3. The number of amides is 2. The van der Waals surface area contributed by atoms with E-state index < -0.39 is 23.4 Å². The topological polar surface area (TPSA) is 140 Å². The quantitative estimate of drug-likeness (QED) is 0.200. The monoisotopic (exact) mass is 630 g/mol. The van der Waals surface area contributed by atoms with Crippen LogP contribution in [-0.4, -0.2) is 42.6 Å². The van der Waals surface area contributed by atoms with E-state index in [2.05, 4.69) is 15.5 Å². The van der Waals surface area contributed by atoms with Crippen LogP contribution >= 0.6 is 0 Å². The van der Waals surface area contributed by atoms with Crippen LogP contribution in [0.25, 0.3) is 11.0 Å². The van der Waals surface area contributed by atoms with Crippen LogP contribution in [0.2, 0.25) is 0 Å². The van der Waals surface area contributed by atoms with Gasteiger partial charge in [-0.15, -0.1) is 0 Å². The molecule has 4 heterocycles. The largest absolute Gasteiger partial charge is 0.465 e. The smallest absolute Gasteiger partial charge is 0.349 e. The molecule has 3 aromatic carbocycles. The normalized spacial score (nSPS) is 16.7. The fraction of sp³-hybridized carbons (Fsp3) is 0.194. The van der Waals surface area contributed by atoms with Crippen LogP contribution in [0.4, 0.5) is 17.1 Å². The molecule has 5 aromatic rings. The van der Waals surface area contributed by atoms with Gasteiger partial charge in [0.05, 0.1) is 29.7 Å². The number of methoxy groups -OCH3 is 1. The molecular formula is C36H30N4O7. The molecule has 2 bridgehead atoms. The number of nitrogens with zero attached hydrogens (tertiary/aromatic N) is 2. The molecule has 0 saturated carbocycles. The average Bonchev–Trinajstić information content (AvgIpc) is 3.08. The Balaban J connectivity index is 1.25. The molecule has 2 N–H and O–H groups in total. The van der Waals surface area contributed by atoms with Crippen LogP contribution in [0.5, 0.6) is 0 Å². The highest BCUT2D eigenvalue weighted by Crippen LogP contribution is 2.39. The lowest BCUT2D eigenvalue weighted by atomic mass is 9.83. The van der Waals surface area contributed by atoms with Gasteiger partial charge in [-0.25, -0.2) is 9.59 Å². The first kappa shape index (κ1) is 29.7. The van der Waals surface area contributed by atoms with E-state index in [4.69, 9.17) is 9.15 Å². The van der Waals surface area contributed by atoms with Crippen molar-refractivity contribution in [3.05, 3.63) is 134 Å². The Kier molecular flexibility index (Phi) is 7.64. The van der Waals surface area contributed by atoms with Gasteiger partial charge in [-0.05, 0) is 60.9 Å². The number of nitrogens with one attached hydrogen (secondary N) is 2. The van der Waals surface area contributed by atoms with Crippen molar-refractivity contribution in [1.29, 1.82) is 0 Å². The number of fused-ring (bicyclic) bond motifs is 5. The number of benzene rings is 3. The molecule has 2 atom stereocenters. The van der Waals surface area contributed by atoms with Crippen LogP contribution in [0.1, 0.15) is 49.1 Å². The molecule has 236 valence electrons. The van der Waals surface area contributed by atoms with E-state index in [1.807, 2.05) is 10.6 Å². The fourth-order valence-corrected chi connectivity index (χ4v) is 6.63. The summed E-state index contributed by atoms with van der Waals surface area (Å²) >= 11 is 0. The highest BCUT2D eigenvalue weighted by Gasteiger charge is 2.35. The molecule has 2 aliphatic heterocycles. The number of hydrogen-bond donors (Lipinski definition) is 2. The molecule has 11 nitrogen and oxygen atoms in total. The predicted octanol–water partition coefficient (Wildman–Crippen LogP) is 4.87. The molecule has 1 fully saturated rings. The van der Waals surface area contributed by atoms with Gasteiger partial charge in [-0.3, -0.25) is 14.4 Å². The number of para-hydroxylation sites is 2. The number of piperidine rings is 1. The van der Waals surface area contributed by atoms with E-state index in [9.17, 15) is 24.0 Å². The van der Waals surface area contributed by atoms with E-state index in [-0.39, 0.29) is 39.8 Å². The fourth-order valence-electron chi connectivity index (χ4n) is 6.63. The molecule has 0 radical (unpaired) electrons. The van der Waals surface area contributed by atoms with Gasteiger partial charge in [-0.1, -0.05) is 36.4 Å². The summed E-state index contributed by atoms with van der Waals surface area (Å²) in [6.07, 6.45) is 0.930. The highest BCUT2D eigenvalue weighted by molar-refractivity contribution is 6.11. The van der Waals surface area contributed by atoms with Crippen LogP contribution < -0.4 is 26.7 Å². The lowest BCUT2D eigenvalue weighted by Crippen LogP contribution is -2.47. The van der Waals surface area contributed by atoms with Gasteiger partial charge in [0.15, 0.2) is 0 Å². The number of aromatic nitrogens is 1. The number of carbonyl (C=O) groups is 3. The third-order valence-electron chi connectivity index (χ3n) is 8.79. The average molecular weight is 631 g/mol. The maximum Gasteiger partial charge on any atom is 0.349 e. The van der Waals surface area contributed by atoms with Gasteiger partial charge < -0.3 is 29.3 Å². The zero-order valence-corrected chi connectivity index (χ0v) is 25.4. The van der Waals surface area contributed by atoms with Crippen molar-refractivity contribution in [3.63, 3.8) is 0 Å². The Morgan fingerprint density at radius 2 is 1.57 bits per heavy atom. The number of ether oxygens (including phenoxy) is 1. The Morgan fingerprint density at radius 1 is 0.787 bits per heavy atom. The van der Waals surface area contributed by atoms with Crippen molar-refractivity contribution in [2.45, 2.75) is 18.9 Å². The van der Waals surface area contributed by atoms with Crippen LogP contribution in [0.3, 0.4) is 0 Å². The maximum atomic E-state index is 13.7. The summed E-state index contributed by atoms with van der Waals surface area (Å²) in [5.41, 5.74) is 2.00. The molecule has 0 aliphatic carbocycles. The van der Waals surface area contributed by atoms with Crippen LogP contribution in [-0.2, 0) is 11.3 Å². The van der Waals surface area contributed by atoms with Crippen molar-refractivity contribution in [2.24, 2.45) is 5.92 Å². The number of hydrogen-bond acceptors (Lipinski definition) is 8. The lowest BCUT2D eigenvalue weighted by Gasteiger charge is -2.44. The molecule has 47 heavy (non-hydrogen) atoms. The minimum Gasteiger partial charge on any atom is -0.465 e.